The van der Waals surface area contributed by atoms with Crippen LogP contribution in [0.3, 0.4) is 0 Å². The number of aromatic nitrogens is 1. The molecule has 0 unspecified atom stereocenters. The van der Waals surface area contributed by atoms with Crippen molar-refractivity contribution in [1.29, 1.82) is 0 Å². The number of carboxylic acid groups (broad SMARTS) is 1. The van der Waals surface area contributed by atoms with Crippen molar-refractivity contribution in [3.05, 3.63) is 11.1 Å². The quantitative estimate of drug-likeness (QED) is 0.860. The Labute approximate surface area is 134 Å². The number of hydrogen-bond donors (Lipinski definition) is 1. The molecule has 1 aromatic heterocycles. The molecule has 1 aromatic rings. The van der Waals surface area contributed by atoms with Crippen molar-refractivity contribution < 1.29 is 19.4 Å². The van der Waals surface area contributed by atoms with Crippen LogP contribution in [-0.4, -0.2) is 59.8 Å². The Morgan fingerprint density at radius 2 is 1.95 bits per heavy atom. The monoisotopic (exact) mass is 329 g/mol. The number of ether oxygens (including phenoxy) is 1. The summed E-state index contributed by atoms with van der Waals surface area (Å²) in [6, 6.07) is 0. The number of amides is 1. The molecule has 0 aliphatic heterocycles. The average Bonchev–Trinajstić information content (AvgIpc) is 2.73. The molecule has 0 atom stereocenters. The summed E-state index contributed by atoms with van der Waals surface area (Å²) in [7, 11) is 3.82. The van der Waals surface area contributed by atoms with Gasteiger partial charge < -0.3 is 14.7 Å². The maximum absolute atomic E-state index is 12.3. The van der Waals surface area contributed by atoms with E-state index in [0.29, 0.717) is 23.9 Å². The summed E-state index contributed by atoms with van der Waals surface area (Å²) in [6.07, 6.45) is -0.641. The minimum absolute atomic E-state index is 0.160. The van der Waals surface area contributed by atoms with Gasteiger partial charge in [-0.15, -0.1) is 11.3 Å². The second-order valence-electron chi connectivity index (χ2n) is 6.13. The smallest absolute Gasteiger partial charge is 0.416 e. The van der Waals surface area contributed by atoms with E-state index in [2.05, 4.69) is 4.98 Å². The van der Waals surface area contributed by atoms with Gasteiger partial charge in [0.05, 0.1) is 12.1 Å². The second kappa shape index (κ2) is 7.55. The van der Waals surface area contributed by atoms with Crippen molar-refractivity contribution in [1.82, 2.24) is 9.88 Å². The van der Waals surface area contributed by atoms with Crippen LogP contribution in [0.2, 0.25) is 0 Å². The van der Waals surface area contributed by atoms with Gasteiger partial charge in [-0.1, -0.05) is 0 Å². The maximum atomic E-state index is 12.3. The predicted molar refractivity (Wildman–Crippen MR) is 85.6 cm³/mol. The van der Waals surface area contributed by atoms with Crippen molar-refractivity contribution in [2.45, 2.75) is 32.8 Å². The van der Waals surface area contributed by atoms with Gasteiger partial charge in [0.1, 0.15) is 5.60 Å². The zero-order valence-corrected chi connectivity index (χ0v) is 14.4. The number of thiazole rings is 1. The Morgan fingerprint density at radius 1 is 1.32 bits per heavy atom. The fourth-order valence-electron chi connectivity index (χ4n) is 1.54. The van der Waals surface area contributed by atoms with Crippen LogP contribution in [0.4, 0.5) is 9.93 Å². The summed E-state index contributed by atoms with van der Waals surface area (Å²) in [6.45, 7) is 6.46. The molecule has 124 valence electrons. The van der Waals surface area contributed by atoms with Crippen molar-refractivity contribution in [2.75, 3.05) is 32.1 Å². The van der Waals surface area contributed by atoms with Crippen LogP contribution in [0.5, 0.6) is 0 Å². The molecule has 1 N–H and O–H groups in total. The third kappa shape index (κ3) is 6.40. The Hall–Kier alpha value is -1.67. The van der Waals surface area contributed by atoms with E-state index in [4.69, 9.17) is 9.84 Å². The van der Waals surface area contributed by atoms with Crippen LogP contribution in [-0.2, 0) is 16.0 Å². The summed E-state index contributed by atoms with van der Waals surface area (Å²) < 4.78 is 5.40. The van der Waals surface area contributed by atoms with E-state index in [0.717, 1.165) is 0 Å². The molecule has 0 fully saturated rings. The minimum atomic E-state index is -0.950. The fraction of sp³-hybridized carbons (Fsp3) is 0.643. The molecule has 0 aliphatic carbocycles. The lowest BCUT2D eigenvalue weighted by molar-refractivity contribution is -0.136. The molecule has 1 amide bonds. The number of likely N-dealkylation sites (N-methyl/N-ethyl adjacent to an activating group) is 1. The Morgan fingerprint density at radius 3 is 2.45 bits per heavy atom. The number of carbonyl (C=O) groups excluding carboxylic acids is 1. The molecule has 0 aliphatic rings. The maximum Gasteiger partial charge on any atom is 0.416 e. The Balaban J connectivity index is 2.91. The molecule has 7 nitrogen and oxygen atoms in total. The zero-order valence-electron chi connectivity index (χ0n) is 13.6. The van der Waals surface area contributed by atoms with Crippen molar-refractivity contribution in [3.8, 4) is 0 Å². The third-order valence-electron chi connectivity index (χ3n) is 2.49. The van der Waals surface area contributed by atoms with Gasteiger partial charge in [0.25, 0.3) is 0 Å². The standard InChI is InChI=1S/C14H23N3O4S/c1-14(2,3)21-13(20)17(7-6-16(4)5)12-15-10(9-22-12)8-11(18)19/h9H,6-8H2,1-5H3,(H,18,19). The first kappa shape index (κ1) is 18.4. The van der Waals surface area contributed by atoms with Gasteiger partial charge in [-0.05, 0) is 34.9 Å². The van der Waals surface area contributed by atoms with E-state index in [-0.39, 0.29) is 6.42 Å². The van der Waals surface area contributed by atoms with Gasteiger partial charge in [-0.2, -0.15) is 0 Å². The van der Waals surface area contributed by atoms with E-state index in [1.54, 1.807) is 26.2 Å². The molecule has 8 heteroatoms. The molecular weight excluding hydrogens is 306 g/mol. The lowest BCUT2D eigenvalue weighted by atomic mass is 10.2. The molecule has 1 rings (SSSR count). The molecule has 0 bridgehead atoms. The lowest BCUT2D eigenvalue weighted by Crippen LogP contribution is -2.40. The minimum Gasteiger partial charge on any atom is -0.481 e. The molecule has 0 radical (unpaired) electrons. The van der Waals surface area contributed by atoms with Crippen LogP contribution in [0, 0.1) is 0 Å². The number of hydrogen-bond acceptors (Lipinski definition) is 6. The number of aliphatic carboxylic acids is 1. The lowest BCUT2D eigenvalue weighted by Gasteiger charge is -2.26. The van der Waals surface area contributed by atoms with Crippen LogP contribution in [0.15, 0.2) is 5.38 Å². The van der Waals surface area contributed by atoms with E-state index in [1.807, 2.05) is 19.0 Å². The normalized spacial score (nSPS) is 11.5. The summed E-state index contributed by atoms with van der Waals surface area (Å²) in [4.78, 5) is 30.7. The fourth-order valence-corrected chi connectivity index (χ4v) is 2.38. The van der Waals surface area contributed by atoms with Crippen molar-refractivity contribution >= 4 is 28.5 Å². The first-order valence-corrected chi connectivity index (χ1v) is 7.78. The van der Waals surface area contributed by atoms with Crippen molar-refractivity contribution in [2.24, 2.45) is 0 Å². The molecule has 22 heavy (non-hydrogen) atoms. The number of carbonyl (C=O) groups is 2. The molecule has 0 saturated heterocycles. The highest BCUT2D eigenvalue weighted by Gasteiger charge is 2.25. The molecule has 0 saturated carbocycles. The van der Waals surface area contributed by atoms with Gasteiger partial charge in [0.15, 0.2) is 5.13 Å². The first-order chi connectivity index (χ1) is 10.1. The zero-order chi connectivity index (χ0) is 16.9. The van der Waals surface area contributed by atoms with Crippen LogP contribution >= 0.6 is 11.3 Å². The number of carboxylic acids is 1. The topological polar surface area (TPSA) is 83.0 Å². The van der Waals surface area contributed by atoms with Crippen LogP contribution in [0.1, 0.15) is 26.5 Å². The van der Waals surface area contributed by atoms with E-state index in [1.165, 1.54) is 16.2 Å². The van der Waals surface area contributed by atoms with Gasteiger partial charge in [0.2, 0.25) is 0 Å². The molecular formula is C14H23N3O4S. The predicted octanol–water partition coefficient (Wildman–Crippen LogP) is 2.07. The highest BCUT2D eigenvalue weighted by Crippen LogP contribution is 2.23. The van der Waals surface area contributed by atoms with Gasteiger partial charge in [-0.25, -0.2) is 9.78 Å². The van der Waals surface area contributed by atoms with E-state index < -0.39 is 17.7 Å². The van der Waals surface area contributed by atoms with Gasteiger partial charge in [-0.3, -0.25) is 9.69 Å². The largest absolute Gasteiger partial charge is 0.481 e. The third-order valence-corrected chi connectivity index (χ3v) is 3.40. The SMILES string of the molecule is CN(C)CCN(C(=O)OC(C)(C)C)c1nc(CC(=O)O)cs1. The Bertz CT molecular complexity index is 522. The highest BCUT2D eigenvalue weighted by atomic mass is 32.1. The second-order valence-corrected chi connectivity index (χ2v) is 6.96. The number of rotatable bonds is 6. The average molecular weight is 329 g/mol. The van der Waals surface area contributed by atoms with Crippen LogP contribution < -0.4 is 4.90 Å². The Kier molecular flexibility index (Phi) is 6.31. The van der Waals surface area contributed by atoms with E-state index >= 15 is 0 Å². The summed E-state index contributed by atoms with van der Waals surface area (Å²) >= 11 is 1.24. The van der Waals surface area contributed by atoms with Crippen molar-refractivity contribution in [3.63, 3.8) is 0 Å². The number of nitrogens with zero attached hydrogens (tertiary/aromatic N) is 3. The number of anilines is 1. The molecule has 0 aromatic carbocycles. The highest BCUT2D eigenvalue weighted by molar-refractivity contribution is 7.14. The molecule has 0 spiro atoms. The summed E-state index contributed by atoms with van der Waals surface area (Å²) in [5.41, 5.74) is -0.167. The van der Waals surface area contributed by atoms with Crippen LogP contribution in [0.25, 0.3) is 0 Å². The first-order valence-electron chi connectivity index (χ1n) is 6.90. The van der Waals surface area contributed by atoms with Gasteiger partial charge >= 0.3 is 12.1 Å². The summed E-state index contributed by atoms with van der Waals surface area (Å²) in [5, 5.41) is 10.9. The van der Waals surface area contributed by atoms with E-state index in [9.17, 15) is 9.59 Å². The van der Waals surface area contributed by atoms with Gasteiger partial charge in [0, 0.05) is 18.5 Å². The summed E-state index contributed by atoms with van der Waals surface area (Å²) in [5.74, 6) is -0.950. The molecule has 1 heterocycles.